The van der Waals surface area contributed by atoms with Gasteiger partial charge in [-0.1, -0.05) is 45.2 Å². The van der Waals surface area contributed by atoms with Crippen LogP contribution >= 0.6 is 0 Å². The molecule has 0 aromatic carbocycles. The molecule has 0 amide bonds. The van der Waals surface area contributed by atoms with Crippen molar-refractivity contribution >= 4 is 0 Å². The van der Waals surface area contributed by atoms with Gasteiger partial charge in [0.2, 0.25) is 0 Å². The molecule has 0 bridgehead atoms. The second-order valence-corrected chi connectivity index (χ2v) is 1.66. The maximum absolute atomic E-state index is 8.47. The van der Waals surface area contributed by atoms with Crippen LogP contribution < -0.4 is 0 Å². The molecule has 0 aromatic rings. The molecule has 1 heteroatoms. The molecule has 0 unspecified atom stereocenters. The van der Waals surface area contributed by atoms with Gasteiger partial charge in [-0.05, 0) is 12.0 Å². The van der Waals surface area contributed by atoms with Crippen molar-refractivity contribution in [2.24, 2.45) is 0 Å². The Morgan fingerprint density at radius 3 is 2.18 bits per heavy atom. The molecule has 1 N–H and O–H groups in total. The third kappa shape index (κ3) is 9.18. The van der Waals surface area contributed by atoms with Crippen LogP contribution in [0, 0.1) is 0 Å². The molecule has 0 atom stereocenters. The summed E-state index contributed by atoms with van der Waals surface area (Å²) in [7, 11) is 0. The summed E-state index contributed by atoms with van der Waals surface area (Å²) in [5.41, 5.74) is 1.02. The van der Waals surface area contributed by atoms with Gasteiger partial charge in [0.15, 0.2) is 0 Å². The van der Waals surface area contributed by atoms with E-state index in [4.69, 9.17) is 5.11 Å². The highest BCUT2D eigenvalue weighted by Crippen LogP contribution is 2.00. The Balaban J connectivity index is 0. The highest BCUT2D eigenvalue weighted by atomic mass is 16.2. The van der Waals surface area contributed by atoms with Gasteiger partial charge in [0, 0.05) is 6.61 Å². The van der Waals surface area contributed by atoms with Crippen molar-refractivity contribution in [1.29, 1.82) is 0 Å². The molecular weight excluding hydrogens is 136 g/mol. The van der Waals surface area contributed by atoms with Crippen molar-refractivity contribution < 1.29 is 5.11 Å². The first-order valence-electron chi connectivity index (χ1n) is 3.90. The predicted octanol–water partition coefficient (Wildman–Crippen LogP) is 2.69. The molecule has 64 valence electrons. The fraction of sp³-hybridized carbons (Fsp3) is 0.400. The minimum atomic E-state index is 0.172. The third-order valence-corrected chi connectivity index (χ3v) is 0.995. The Bertz CT molecular complexity index is 123. The lowest BCUT2D eigenvalue weighted by Gasteiger charge is -1.93. The van der Waals surface area contributed by atoms with Gasteiger partial charge >= 0.3 is 0 Å². The third-order valence-electron chi connectivity index (χ3n) is 0.995. The van der Waals surface area contributed by atoms with Gasteiger partial charge in [-0.15, -0.1) is 0 Å². The molecule has 0 fully saturated rings. The van der Waals surface area contributed by atoms with Crippen LogP contribution in [-0.2, 0) is 0 Å². The van der Waals surface area contributed by atoms with Crippen LogP contribution in [0.5, 0.6) is 0 Å². The Labute approximate surface area is 69.8 Å². The zero-order chi connectivity index (χ0) is 9.11. The Kier molecular flexibility index (Phi) is 13.9. The molecule has 0 saturated heterocycles. The van der Waals surface area contributed by atoms with E-state index >= 15 is 0 Å². The first-order valence-corrected chi connectivity index (χ1v) is 3.90. The van der Waals surface area contributed by atoms with E-state index in [9.17, 15) is 0 Å². The minimum absolute atomic E-state index is 0.172. The van der Waals surface area contributed by atoms with Crippen LogP contribution in [0.25, 0.3) is 0 Å². The number of aliphatic hydroxyl groups excluding tert-OH is 1. The van der Waals surface area contributed by atoms with Gasteiger partial charge in [0.05, 0.1) is 0 Å². The lowest BCUT2D eigenvalue weighted by Crippen LogP contribution is -1.83. The van der Waals surface area contributed by atoms with E-state index in [0.29, 0.717) is 6.42 Å². The lowest BCUT2D eigenvalue weighted by atomic mass is 10.2. The quantitative estimate of drug-likeness (QED) is 0.617. The zero-order valence-electron chi connectivity index (χ0n) is 7.51. The largest absolute Gasteiger partial charge is 0.396 e. The molecule has 0 aliphatic carbocycles. The molecule has 1 nitrogen and oxygen atoms in total. The van der Waals surface area contributed by atoms with Gasteiger partial charge in [-0.2, -0.15) is 0 Å². The molecule has 0 aliphatic heterocycles. The lowest BCUT2D eigenvalue weighted by molar-refractivity contribution is 0.300. The second kappa shape index (κ2) is 11.9. The first kappa shape index (κ1) is 12.8. The molecule has 0 rings (SSSR count). The fourth-order valence-corrected chi connectivity index (χ4v) is 0.534. The van der Waals surface area contributed by atoms with Crippen LogP contribution in [0.4, 0.5) is 0 Å². The molecule has 0 saturated carbocycles. The molecule has 0 radical (unpaired) electrons. The molecule has 0 aliphatic rings. The standard InChI is InChI=1S/C8H12O.C2H6/c1-3-5-8(4-2)6-7-9;1-2/h3-5,9H,1-2,6-7H2;1-2H3/b8-5+;. The van der Waals surface area contributed by atoms with Crippen molar-refractivity contribution in [2.75, 3.05) is 6.61 Å². The van der Waals surface area contributed by atoms with Crippen LogP contribution in [0.3, 0.4) is 0 Å². The summed E-state index contributed by atoms with van der Waals surface area (Å²) in [6, 6.07) is 0. The van der Waals surface area contributed by atoms with E-state index < -0.39 is 0 Å². The predicted molar refractivity (Wildman–Crippen MR) is 51.5 cm³/mol. The molecule has 0 heterocycles. The van der Waals surface area contributed by atoms with E-state index in [1.165, 1.54) is 0 Å². The smallest absolute Gasteiger partial charge is 0.0471 e. The summed E-state index contributed by atoms with van der Waals surface area (Å²) < 4.78 is 0. The Morgan fingerprint density at radius 1 is 1.36 bits per heavy atom. The van der Waals surface area contributed by atoms with Crippen LogP contribution in [0.15, 0.2) is 37.0 Å². The highest BCUT2D eigenvalue weighted by molar-refractivity contribution is 5.20. The molecule has 0 aromatic heterocycles. The van der Waals surface area contributed by atoms with E-state index in [1.54, 1.807) is 12.2 Å². The fourth-order valence-electron chi connectivity index (χ4n) is 0.534. The average Bonchev–Trinajstić information content (AvgIpc) is 2.08. The van der Waals surface area contributed by atoms with Crippen molar-refractivity contribution in [3.8, 4) is 0 Å². The number of aliphatic hydroxyl groups is 1. The van der Waals surface area contributed by atoms with Crippen LogP contribution in [0.1, 0.15) is 20.3 Å². The van der Waals surface area contributed by atoms with Gasteiger partial charge < -0.3 is 5.11 Å². The van der Waals surface area contributed by atoms with E-state index in [2.05, 4.69) is 13.2 Å². The van der Waals surface area contributed by atoms with Gasteiger partial charge in [-0.25, -0.2) is 0 Å². The van der Waals surface area contributed by atoms with Gasteiger partial charge in [-0.3, -0.25) is 0 Å². The molecule has 0 spiro atoms. The van der Waals surface area contributed by atoms with E-state index in [0.717, 1.165) is 5.57 Å². The zero-order valence-corrected chi connectivity index (χ0v) is 7.51. The van der Waals surface area contributed by atoms with Crippen molar-refractivity contribution in [2.45, 2.75) is 20.3 Å². The minimum Gasteiger partial charge on any atom is -0.396 e. The average molecular weight is 154 g/mol. The van der Waals surface area contributed by atoms with Crippen molar-refractivity contribution in [1.82, 2.24) is 0 Å². The maximum atomic E-state index is 8.47. The summed E-state index contributed by atoms with van der Waals surface area (Å²) >= 11 is 0. The van der Waals surface area contributed by atoms with Gasteiger partial charge in [0.25, 0.3) is 0 Å². The van der Waals surface area contributed by atoms with E-state index in [1.807, 2.05) is 19.9 Å². The number of allylic oxidation sites excluding steroid dienone is 3. The number of rotatable bonds is 4. The first-order chi connectivity index (χ1) is 5.35. The number of hydrogen-bond acceptors (Lipinski definition) is 1. The summed E-state index contributed by atoms with van der Waals surface area (Å²) in [6.07, 6.45) is 5.91. The summed E-state index contributed by atoms with van der Waals surface area (Å²) in [5, 5.41) is 8.47. The molecular formula is C10H18O. The molecule has 11 heavy (non-hydrogen) atoms. The normalized spacial score (nSPS) is 9.55. The second-order valence-electron chi connectivity index (χ2n) is 1.66. The Hall–Kier alpha value is -0.820. The van der Waals surface area contributed by atoms with E-state index in [-0.39, 0.29) is 6.61 Å². The topological polar surface area (TPSA) is 20.2 Å². The SMILES string of the molecule is C=C/C=C(\C=C)CCO.CC. The monoisotopic (exact) mass is 154 g/mol. The highest BCUT2D eigenvalue weighted by Gasteiger charge is 1.85. The van der Waals surface area contributed by atoms with Crippen molar-refractivity contribution in [3.05, 3.63) is 37.0 Å². The van der Waals surface area contributed by atoms with Crippen LogP contribution in [0.2, 0.25) is 0 Å². The number of hydrogen-bond donors (Lipinski definition) is 1. The maximum Gasteiger partial charge on any atom is 0.0471 e. The van der Waals surface area contributed by atoms with Crippen LogP contribution in [-0.4, -0.2) is 11.7 Å². The van der Waals surface area contributed by atoms with Gasteiger partial charge in [0.1, 0.15) is 0 Å². The summed E-state index contributed by atoms with van der Waals surface area (Å²) in [6.45, 7) is 11.3. The summed E-state index contributed by atoms with van der Waals surface area (Å²) in [4.78, 5) is 0. The Morgan fingerprint density at radius 2 is 1.91 bits per heavy atom. The summed E-state index contributed by atoms with van der Waals surface area (Å²) in [5.74, 6) is 0. The van der Waals surface area contributed by atoms with Crippen molar-refractivity contribution in [3.63, 3.8) is 0 Å².